The van der Waals surface area contributed by atoms with Crippen molar-refractivity contribution < 1.29 is 9.68 Å². The molecule has 0 fully saturated rings. The van der Waals surface area contributed by atoms with Gasteiger partial charge in [-0.1, -0.05) is 58.9 Å². The van der Waals surface area contributed by atoms with Crippen molar-refractivity contribution in [3.8, 4) is 0 Å². The molecule has 1 aromatic rings. The normalized spacial score (nSPS) is 20.2. The predicted octanol–water partition coefficient (Wildman–Crippen LogP) is 4.70. The molecule has 26 heavy (non-hydrogen) atoms. The molecule has 4 heteroatoms. The van der Waals surface area contributed by atoms with Crippen molar-refractivity contribution in [2.45, 2.75) is 12.8 Å². The molecule has 0 unspecified atom stereocenters. The van der Waals surface area contributed by atoms with Crippen LogP contribution < -0.4 is 0 Å². The van der Waals surface area contributed by atoms with Crippen LogP contribution in [0.25, 0.3) is 0 Å². The van der Waals surface area contributed by atoms with E-state index in [4.69, 9.17) is 9.68 Å². The lowest BCUT2D eigenvalue weighted by Crippen LogP contribution is -2.15. The minimum absolute atomic E-state index is 0.800. The first-order chi connectivity index (χ1) is 12.9. The summed E-state index contributed by atoms with van der Waals surface area (Å²) in [7, 11) is 0. The van der Waals surface area contributed by atoms with Crippen molar-refractivity contribution in [1.82, 2.24) is 0 Å². The molecule has 0 amide bonds. The zero-order valence-electron chi connectivity index (χ0n) is 14.1. The Balaban J connectivity index is 1.54. The maximum atomic E-state index is 5.60. The van der Waals surface area contributed by atoms with E-state index >= 15 is 0 Å². The summed E-state index contributed by atoms with van der Waals surface area (Å²) in [6, 6.07) is 8.07. The molecule has 0 radical (unpaired) electrons. The summed E-state index contributed by atoms with van der Waals surface area (Å²) < 4.78 is 0. The van der Waals surface area contributed by atoms with E-state index in [1.165, 1.54) is 0 Å². The first-order valence-corrected chi connectivity index (χ1v) is 8.64. The highest BCUT2D eigenvalue weighted by Gasteiger charge is 2.22. The van der Waals surface area contributed by atoms with Crippen LogP contribution in [0.2, 0.25) is 0 Å². The third kappa shape index (κ3) is 2.56. The molecule has 2 heterocycles. The summed E-state index contributed by atoms with van der Waals surface area (Å²) in [5.74, 6) is 1.64. The first kappa shape index (κ1) is 14.9. The molecule has 0 N–H and O–H groups in total. The monoisotopic (exact) mass is 340 g/mol. The molecular weight excluding hydrogens is 324 g/mol. The maximum Gasteiger partial charge on any atom is 0.161 e. The van der Waals surface area contributed by atoms with Gasteiger partial charge in [-0.3, -0.25) is 0 Å². The van der Waals surface area contributed by atoms with Gasteiger partial charge in [0.15, 0.2) is 11.5 Å². The van der Waals surface area contributed by atoms with Gasteiger partial charge in [0.1, 0.15) is 11.4 Å². The van der Waals surface area contributed by atoms with Crippen LogP contribution in [0.3, 0.4) is 0 Å². The van der Waals surface area contributed by atoms with Crippen LogP contribution in [0, 0.1) is 0 Å². The van der Waals surface area contributed by atoms with Crippen molar-refractivity contribution in [2.75, 3.05) is 0 Å². The number of hydrogen-bond donors (Lipinski definition) is 0. The first-order valence-electron chi connectivity index (χ1n) is 8.64. The number of nitrogens with zero attached hydrogens (tertiary/aromatic N) is 2. The molecule has 5 rings (SSSR count). The van der Waals surface area contributed by atoms with E-state index in [1.807, 2.05) is 48.6 Å². The topological polar surface area (TPSA) is 43.2 Å². The fraction of sp³-hybridized carbons (Fsp3) is 0.0909. The molecule has 0 aromatic heterocycles. The maximum absolute atomic E-state index is 5.60. The molecule has 4 aliphatic rings. The molecular formula is C22H16N2O2. The second kappa shape index (κ2) is 6.15. The minimum atomic E-state index is 0.800. The van der Waals surface area contributed by atoms with Crippen molar-refractivity contribution >= 4 is 11.4 Å². The average Bonchev–Trinajstić information content (AvgIpc) is 2.73. The number of rotatable bonds is 2. The lowest BCUT2D eigenvalue weighted by Gasteiger charge is -2.20. The highest BCUT2D eigenvalue weighted by Crippen LogP contribution is 2.29. The van der Waals surface area contributed by atoms with Gasteiger partial charge < -0.3 is 9.68 Å². The molecule has 126 valence electrons. The van der Waals surface area contributed by atoms with Gasteiger partial charge in [0.05, 0.1) is 0 Å². The Kier molecular flexibility index (Phi) is 3.53. The average molecular weight is 340 g/mol. The van der Waals surface area contributed by atoms with Gasteiger partial charge in [0, 0.05) is 22.3 Å². The molecule has 0 spiro atoms. The molecule has 4 nitrogen and oxygen atoms in total. The number of oxime groups is 2. The lowest BCUT2D eigenvalue weighted by molar-refractivity contribution is 0.231. The standard InChI is InChI=1S/C22H16N2O2/c1-5-11-21-15(7-1)13-19(23-25-21)17-9-3-4-10-18(17)20-14-16-8-2-6-12-22(16)26-24-20/h1-6,9-14H,7-8H2. The predicted molar refractivity (Wildman–Crippen MR) is 102 cm³/mol. The largest absolute Gasteiger partial charge is 0.356 e. The molecule has 0 saturated heterocycles. The van der Waals surface area contributed by atoms with Gasteiger partial charge in [-0.15, -0.1) is 0 Å². The van der Waals surface area contributed by atoms with Gasteiger partial charge in [0.2, 0.25) is 0 Å². The van der Waals surface area contributed by atoms with Crippen molar-refractivity contribution in [3.63, 3.8) is 0 Å². The number of allylic oxidation sites excluding steroid dienone is 10. The Labute approximate surface area is 151 Å². The van der Waals surface area contributed by atoms with E-state index < -0.39 is 0 Å². The minimum Gasteiger partial charge on any atom is -0.356 e. The Bertz CT molecular complexity index is 947. The van der Waals surface area contributed by atoms with Gasteiger partial charge in [-0.05, 0) is 37.1 Å². The van der Waals surface area contributed by atoms with Crippen LogP contribution >= 0.6 is 0 Å². The van der Waals surface area contributed by atoms with Crippen LogP contribution in [-0.2, 0) is 9.68 Å². The van der Waals surface area contributed by atoms with Crippen LogP contribution in [0.15, 0.2) is 106 Å². The van der Waals surface area contributed by atoms with E-state index in [9.17, 15) is 0 Å². The Hall–Kier alpha value is -3.40. The summed E-state index contributed by atoms with van der Waals surface area (Å²) >= 11 is 0. The molecule has 1 aromatic carbocycles. The van der Waals surface area contributed by atoms with E-state index in [-0.39, 0.29) is 0 Å². The van der Waals surface area contributed by atoms with Gasteiger partial charge in [-0.25, -0.2) is 0 Å². The van der Waals surface area contributed by atoms with E-state index in [2.05, 4.69) is 34.6 Å². The van der Waals surface area contributed by atoms with Crippen LogP contribution in [0.1, 0.15) is 24.0 Å². The highest BCUT2D eigenvalue weighted by molar-refractivity contribution is 6.20. The zero-order chi connectivity index (χ0) is 17.3. The van der Waals surface area contributed by atoms with Gasteiger partial charge >= 0.3 is 0 Å². The molecule has 2 aliphatic carbocycles. The van der Waals surface area contributed by atoms with Crippen LogP contribution in [0.5, 0.6) is 0 Å². The number of hydrogen-bond acceptors (Lipinski definition) is 4. The van der Waals surface area contributed by atoms with E-state index in [0.29, 0.717) is 0 Å². The summed E-state index contributed by atoms with van der Waals surface area (Å²) in [6.07, 6.45) is 18.0. The van der Waals surface area contributed by atoms with Crippen molar-refractivity contribution in [1.29, 1.82) is 0 Å². The summed E-state index contributed by atoms with van der Waals surface area (Å²) in [5.41, 5.74) is 5.83. The molecule has 2 aliphatic heterocycles. The molecule has 0 bridgehead atoms. The zero-order valence-corrected chi connectivity index (χ0v) is 14.1. The van der Waals surface area contributed by atoms with Crippen molar-refractivity contribution in [2.24, 2.45) is 10.3 Å². The summed E-state index contributed by atoms with van der Waals surface area (Å²) in [4.78, 5) is 11.2. The van der Waals surface area contributed by atoms with Crippen LogP contribution in [0.4, 0.5) is 0 Å². The number of benzene rings is 1. The third-order valence-electron chi connectivity index (χ3n) is 4.66. The molecule has 0 atom stereocenters. The van der Waals surface area contributed by atoms with E-state index in [0.717, 1.165) is 58.1 Å². The highest BCUT2D eigenvalue weighted by atomic mass is 16.6. The third-order valence-corrected chi connectivity index (χ3v) is 4.66. The Morgan fingerprint density at radius 3 is 1.69 bits per heavy atom. The fourth-order valence-electron chi connectivity index (χ4n) is 3.32. The Morgan fingerprint density at radius 1 is 0.692 bits per heavy atom. The summed E-state index contributed by atoms with van der Waals surface area (Å²) in [5, 5.41) is 8.64. The smallest absolute Gasteiger partial charge is 0.161 e. The lowest BCUT2D eigenvalue weighted by atomic mass is 9.93. The Morgan fingerprint density at radius 2 is 1.19 bits per heavy atom. The number of fused-ring (bicyclic) bond motifs is 2. The second-order valence-corrected chi connectivity index (χ2v) is 6.35. The quantitative estimate of drug-likeness (QED) is 0.783. The van der Waals surface area contributed by atoms with E-state index in [1.54, 1.807) is 0 Å². The van der Waals surface area contributed by atoms with Crippen molar-refractivity contribution in [3.05, 3.63) is 107 Å². The SMILES string of the molecule is C1=CCC2=CC(c3ccccc3C3=NOC4=CC=CCC4=C3)=NOC2=C1. The van der Waals surface area contributed by atoms with Gasteiger partial charge in [-0.2, -0.15) is 0 Å². The van der Waals surface area contributed by atoms with Crippen LogP contribution in [-0.4, -0.2) is 11.4 Å². The van der Waals surface area contributed by atoms with Gasteiger partial charge in [0.25, 0.3) is 0 Å². The summed E-state index contributed by atoms with van der Waals surface area (Å²) in [6.45, 7) is 0. The fourth-order valence-corrected chi connectivity index (χ4v) is 3.32. The molecule has 0 saturated carbocycles. The second-order valence-electron chi connectivity index (χ2n) is 6.35.